The highest BCUT2D eigenvalue weighted by Gasteiger charge is 2.48. The van der Waals surface area contributed by atoms with E-state index in [2.05, 4.69) is 28.9 Å². The number of hydrogen-bond acceptors (Lipinski definition) is 6. The zero-order valence-corrected chi connectivity index (χ0v) is 14.2. The number of piperidine rings is 1. The summed E-state index contributed by atoms with van der Waals surface area (Å²) in [6, 6.07) is 0.279. The second kappa shape index (κ2) is 6.57. The number of carbonyl (C=O) groups is 1. The van der Waals surface area contributed by atoms with E-state index in [4.69, 9.17) is 9.26 Å². The van der Waals surface area contributed by atoms with Crippen LogP contribution in [0.4, 0.5) is 0 Å². The number of amides is 1. The normalized spacial score (nSPS) is 25.9. The van der Waals surface area contributed by atoms with Crippen molar-refractivity contribution in [3.8, 4) is 0 Å². The van der Waals surface area contributed by atoms with Gasteiger partial charge in [-0.25, -0.2) is 0 Å². The highest BCUT2D eigenvalue weighted by Crippen LogP contribution is 2.40. The van der Waals surface area contributed by atoms with Gasteiger partial charge < -0.3 is 14.2 Å². The highest BCUT2D eigenvalue weighted by atomic mass is 16.5. The monoisotopic (exact) mass is 322 g/mol. The van der Waals surface area contributed by atoms with Crippen LogP contribution in [0.25, 0.3) is 0 Å². The zero-order valence-electron chi connectivity index (χ0n) is 14.2. The molecule has 0 bridgehead atoms. The van der Waals surface area contributed by atoms with Crippen molar-refractivity contribution in [2.24, 2.45) is 5.41 Å². The summed E-state index contributed by atoms with van der Waals surface area (Å²) in [7, 11) is 1.61. The topological polar surface area (TPSA) is 71.7 Å². The SMILES string of the molecule is COCc1noc(CN2CC[C@]3(CCCN(C(C)C)C3=O)C2)n1. The number of hydrogen-bond donors (Lipinski definition) is 0. The van der Waals surface area contributed by atoms with Crippen LogP contribution < -0.4 is 0 Å². The molecule has 0 aromatic carbocycles. The maximum absolute atomic E-state index is 12.9. The molecule has 3 rings (SSSR count). The largest absolute Gasteiger partial charge is 0.377 e. The quantitative estimate of drug-likeness (QED) is 0.817. The Morgan fingerprint density at radius 1 is 1.35 bits per heavy atom. The lowest BCUT2D eigenvalue weighted by Crippen LogP contribution is -2.52. The van der Waals surface area contributed by atoms with E-state index in [1.165, 1.54) is 0 Å². The Bertz CT molecular complexity index is 559. The third-order valence-electron chi connectivity index (χ3n) is 4.97. The molecule has 7 nitrogen and oxygen atoms in total. The number of methoxy groups -OCH3 is 1. The summed E-state index contributed by atoms with van der Waals surface area (Å²) < 4.78 is 10.3. The molecule has 2 saturated heterocycles. The maximum atomic E-state index is 12.9. The van der Waals surface area contributed by atoms with Crippen LogP contribution in [0.1, 0.15) is 44.8 Å². The Morgan fingerprint density at radius 2 is 2.17 bits per heavy atom. The molecule has 1 spiro atoms. The van der Waals surface area contributed by atoms with E-state index in [0.29, 0.717) is 30.8 Å². The van der Waals surface area contributed by atoms with Crippen molar-refractivity contribution in [3.63, 3.8) is 0 Å². The summed E-state index contributed by atoms with van der Waals surface area (Å²) in [4.78, 5) is 21.5. The Morgan fingerprint density at radius 3 is 2.91 bits per heavy atom. The third kappa shape index (κ3) is 3.26. The van der Waals surface area contributed by atoms with Crippen molar-refractivity contribution >= 4 is 5.91 Å². The van der Waals surface area contributed by atoms with Crippen molar-refractivity contribution in [1.82, 2.24) is 19.9 Å². The molecule has 1 aromatic heterocycles. The first kappa shape index (κ1) is 16.4. The second-order valence-corrected chi connectivity index (χ2v) is 6.97. The van der Waals surface area contributed by atoms with Crippen molar-refractivity contribution in [1.29, 1.82) is 0 Å². The molecule has 2 fully saturated rings. The van der Waals surface area contributed by atoms with Crippen LogP contribution >= 0.6 is 0 Å². The second-order valence-electron chi connectivity index (χ2n) is 6.97. The van der Waals surface area contributed by atoms with Gasteiger partial charge in [-0.3, -0.25) is 9.69 Å². The fourth-order valence-electron chi connectivity index (χ4n) is 3.80. The Kier molecular flexibility index (Phi) is 4.68. The molecule has 0 N–H and O–H groups in total. The van der Waals surface area contributed by atoms with E-state index in [9.17, 15) is 4.79 Å². The number of carbonyl (C=O) groups excluding carboxylic acids is 1. The van der Waals surface area contributed by atoms with Crippen molar-refractivity contribution < 1.29 is 14.1 Å². The van der Waals surface area contributed by atoms with Crippen LogP contribution in [0.3, 0.4) is 0 Å². The maximum Gasteiger partial charge on any atom is 0.240 e. The summed E-state index contributed by atoms with van der Waals surface area (Å²) in [5, 5.41) is 3.89. The molecule has 2 aliphatic rings. The van der Waals surface area contributed by atoms with Gasteiger partial charge >= 0.3 is 0 Å². The van der Waals surface area contributed by atoms with Crippen LogP contribution in [0.5, 0.6) is 0 Å². The van der Waals surface area contributed by atoms with Gasteiger partial charge in [0, 0.05) is 26.2 Å². The predicted octanol–water partition coefficient (Wildman–Crippen LogP) is 1.44. The van der Waals surface area contributed by atoms with E-state index in [0.717, 1.165) is 38.9 Å². The lowest BCUT2D eigenvalue weighted by atomic mass is 9.78. The van der Waals surface area contributed by atoms with E-state index in [-0.39, 0.29) is 11.5 Å². The molecule has 2 aliphatic heterocycles. The van der Waals surface area contributed by atoms with Crippen LogP contribution in [-0.4, -0.2) is 58.6 Å². The molecule has 7 heteroatoms. The van der Waals surface area contributed by atoms with Crippen LogP contribution in [0.2, 0.25) is 0 Å². The lowest BCUT2D eigenvalue weighted by Gasteiger charge is -2.41. The fraction of sp³-hybridized carbons (Fsp3) is 0.812. The Labute approximate surface area is 137 Å². The van der Waals surface area contributed by atoms with E-state index >= 15 is 0 Å². The molecule has 23 heavy (non-hydrogen) atoms. The van der Waals surface area contributed by atoms with Crippen LogP contribution in [0, 0.1) is 5.41 Å². The average molecular weight is 322 g/mol. The molecule has 1 atom stereocenters. The highest BCUT2D eigenvalue weighted by molar-refractivity contribution is 5.84. The molecule has 1 amide bonds. The molecular weight excluding hydrogens is 296 g/mol. The first-order chi connectivity index (χ1) is 11.0. The minimum Gasteiger partial charge on any atom is -0.377 e. The number of rotatable bonds is 5. The van der Waals surface area contributed by atoms with E-state index in [1.54, 1.807) is 7.11 Å². The smallest absolute Gasteiger partial charge is 0.240 e. The van der Waals surface area contributed by atoms with Gasteiger partial charge in [0.25, 0.3) is 0 Å². The number of likely N-dealkylation sites (tertiary alicyclic amines) is 2. The van der Waals surface area contributed by atoms with Crippen molar-refractivity contribution in [2.45, 2.75) is 52.3 Å². The lowest BCUT2D eigenvalue weighted by molar-refractivity contribution is -0.147. The molecule has 0 radical (unpaired) electrons. The summed E-state index contributed by atoms with van der Waals surface area (Å²) in [6.45, 7) is 7.74. The van der Waals surface area contributed by atoms with Gasteiger partial charge in [0.05, 0.1) is 12.0 Å². The van der Waals surface area contributed by atoms with Gasteiger partial charge in [-0.1, -0.05) is 5.16 Å². The summed E-state index contributed by atoms with van der Waals surface area (Å²) in [6.07, 6.45) is 3.01. The van der Waals surface area contributed by atoms with Gasteiger partial charge in [0.15, 0.2) is 5.82 Å². The first-order valence-electron chi connectivity index (χ1n) is 8.38. The van der Waals surface area contributed by atoms with E-state index in [1.807, 2.05) is 4.90 Å². The van der Waals surface area contributed by atoms with Gasteiger partial charge in [-0.2, -0.15) is 4.98 Å². The number of nitrogens with zero attached hydrogens (tertiary/aromatic N) is 4. The minimum atomic E-state index is -0.210. The molecule has 0 unspecified atom stereocenters. The summed E-state index contributed by atoms with van der Waals surface area (Å²) >= 11 is 0. The number of aromatic nitrogens is 2. The molecular formula is C16H26N4O3. The Hall–Kier alpha value is -1.47. The van der Waals surface area contributed by atoms with Crippen LogP contribution in [0.15, 0.2) is 4.52 Å². The third-order valence-corrected chi connectivity index (χ3v) is 4.97. The van der Waals surface area contributed by atoms with Gasteiger partial charge in [0.1, 0.15) is 6.61 Å². The van der Waals surface area contributed by atoms with Crippen LogP contribution in [-0.2, 0) is 22.7 Å². The summed E-state index contributed by atoms with van der Waals surface area (Å²) in [5.74, 6) is 1.49. The van der Waals surface area contributed by atoms with Gasteiger partial charge in [-0.15, -0.1) is 0 Å². The van der Waals surface area contributed by atoms with Crippen molar-refractivity contribution in [2.75, 3.05) is 26.7 Å². The predicted molar refractivity (Wildman–Crippen MR) is 83.4 cm³/mol. The summed E-state index contributed by atoms with van der Waals surface area (Å²) in [5.41, 5.74) is -0.210. The molecule has 0 saturated carbocycles. The molecule has 0 aliphatic carbocycles. The fourth-order valence-corrected chi connectivity index (χ4v) is 3.80. The molecule has 1 aromatic rings. The van der Waals surface area contributed by atoms with E-state index < -0.39 is 0 Å². The number of ether oxygens (including phenoxy) is 1. The Balaban J connectivity index is 1.64. The molecule has 128 valence electrons. The standard InChI is InChI=1S/C16H26N4O3/c1-12(2)20-7-4-5-16(15(20)21)6-8-19(11-16)9-14-17-13(10-22-3)18-23-14/h12H,4-11H2,1-3H3/t16-/m1/s1. The first-order valence-corrected chi connectivity index (χ1v) is 8.38. The van der Waals surface area contributed by atoms with Gasteiger partial charge in [0.2, 0.25) is 11.8 Å². The average Bonchev–Trinajstić information content (AvgIpc) is 3.11. The van der Waals surface area contributed by atoms with Crippen molar-refractivity contribution in [3.05, 3.63) is 11.7 Å². The van der Waals surface area contributed by atoms with Gasteiger partial charge in [-0.05, 0) is 39.7 Å². The molecule has 3 heterocycles. The zero-order chi connectivity index (χ0) is 16.4. The minimum absolute atomic E-state index is 0.210.